The highest BCUT2D eigenvalue weighted by Gasteiger charge is 2.17. The molecule has 0 aliphatic carbocycles. The number of rotatable bonds is 3. The Bertz CT molecular complexity index is 1180. The molecular formula is C20H12F3N2O. The number of fused-ring (bicyclic) bond motifs is 3. The molecule has 129 valence electrons. The molecule has 0 fully saturated rings. The molecule has 1 radical (unpaired) electrons. The molecule has 1 amide bonds. The third kappa shape index (κ3) is 2.50. The first-order chi connectivity index (χ1) is 12.5. The summed E-state index contributed by atoms with van der Waals surface area (Å²) in [4.78, 5) is 11.8. The molecule has 0 saturated carbocycles. The summed E-state index contributed by atoms with van der Waals surface area (Å²) in [7, 11) is 0. The predicted octanol–water partition coefficient (Wildman–Crippen LogP) is 4.16. The van der Waals surface area contributed by atoms with Gasteiger partial charge in [-0.2, -0.15) is 0 Å². The minimum atomic E-state index is -0.946. The lowest BCUT2D eigenvalue weighted by molar-refractivity contribution is 0.100. The zero-order chi connectivity index (χ0) is 18.4. The second-order valence-corrected chi connectivity index (χ2v) is 5.97. The van der Waals surface area contributed by atoms with Crippen molar-refractivity contribution >= 4 is 27.7 Å². The molecule has 6 heteroatoms. The van der Waals surface area contributed by atoms with Gasteiger partial charge in [0.25, 0.3) is 0 Å². The Morgan fingerprint density at radius 3 is 2.54 bits per heavy atom. The van der Waals surface area contributed by atoms with Gasteiger partial charge in [-0.1, -0.05) is 12.1 Å². The summed E-state index contributed by atoms with van der Waals surface area (Å²) in [5, 5.41) is 0.897. The maximum Gasteiger partial charge on any atom is 0.249 e. The van der Waals surface area contributed by atoms with Crippen molar-refractivity contribution in [2.75, 3.05) is 0 Å². The molecule has 0 atom stereocenters. The van der Waals surface area contributed by atoms with Gasteiger partial charge >= 0.3 is 0 Å². The second kappa shape index (κ2) is 5.91. The molecule has 1 aromatic heterocycles. The number of nitrogens with two attached hydrogens (primary N) is 1. The Morgan fingerprint density at radius 2 is 1.81 bits per heavy atom. The Kier molecular flexibility index (Phi) is 3.68. The number of nitrogens with zero attached hydrogens (tertiary/aromatic N) is 1. The summed E-state index contributed by atoms with van der Waals surface area (Å²) in [6, 6.07) is 14.1. The molecule has 0 aliphatic rings. The standard InChI is InChI=1S/C20H12F3N2O/c21-12-5-7-17-14(9-12)19-13(20(24)26)2-1-3-18(19)25(17)10-11-4-6-15(22)16(23)8-11/h1-8H,10H2,(H2,24,26). The van der Waals surface area contributed by atoms with Crippen molar-refractivity contribution in [1.82, 2.24) is 4.57 Å². The number of aromatic nitrogens is 1. The Hall–Kier alpha value is -3.28. The average molecular weight is 353 g/mol. The van der Waals surface area contributed by atoms with E-state index < -0.39 is 23.4 Å². The molecule has 26 heavy (non-hydrogen) atoms. The summed E-state index contributed by atoms with van der Waals surface area (Å²) in [6.07, 6.45) is 0. The van der Waals surface area contributed by atoms with Crippen LogP contribution in [0.25, 0.3) is 21.8 Å². The molecular weight excluding hydrogens is 341 g/mol. The molecule has 4 aromatic rings. The highest BCUT2D eigenvalue weighted by Crippen LogP contribution is 2.32. The van der Waals surface area contributed by atoms with E-state index in [4.69, 9.17) is 5.73 Å². The van der Waals surface area contributed by atoms with E-state index in [1.807, 2.05) is 0 Å². The zero-order valence-corrected chi connectivity index (χ0v) is 13.4. The fraction of sp³-hybridized carbons (Fsp3) is 0.0500. The third-order valence-electron chi connectivity index (χ3n) is 4.35. The van der Waals surface area contributed by atoms with Gasteiger partial charge in [0, 0.05) is 28.9 Å². The van der Waals surface area contributed by atoms with E-state index in [2.05, 4.69) is 6.07 Å². The Labute approximate surface area is 146 Å². The highest BCUT2D eigenvalue weighted by molar-refractivity contribution is 6.17. The third-order valence-corrected chi connectivity index (χ3v) is 4.35. The number of halogens is 3. The number of amides is 1. The van der Waals surface area contributed by atoms with Crippen molar-refractivity contribution in [1.29, 1.82) is 0 Å². The smallest absolute Gasteiger partial charge is 0.249 e. The van der Waals surface area contributed by atoms with E-state index in [1.165, 1.54) is 12.1 Å². The van der Waals surface area contributed by atoms with Gasteiger partial charge in [-0.15, -0.1) is 0 Å². The second-order valence-electron chi connectivity index (χ2n) is 5.97. The van der Waals surface area contributed by atoms with Crippen LogP contribution >= 0.6 is 0 Å². The van der Waals surface area contributed by atoms with E-state index in [1.54, 1.807) is 28.8 Å². The van der Waals surface area contributed by atoms with Gasteiger partial charge in [-0.3, -0.25) is 4.79 Å². The molecule has 3 nitrogen and oxygen atoms in total. The first-order valence-corrected chi connectivity index (χ1v) is 7.82. The predicted molar refractivity (Wildman–Crippen MR) is 92.2 cm³/mol. The van der Waals surface area contributed by atoms with Crippen LogP contribution in [0.5, 0.6) is 0 Å². The number of benzene rings is 3. The van der Waals surface area contributed by atoms with Gasteiger partial charge in [0.1, 0.15) is 5.82 Å². The Morgan fingerprint density at radius 1 is 1.00 bits per heavy atom. The topological polar surface area (TPSA) is 48.0 Å². The van der Waals surface area contributed by atoms with Gasteiger partial charge in [0.05, 0.1) is 11.0 Å². The molecule has 2 N–H and O–H groups in total. The maximum absolute atomic E-state index is 13.8. The molecule has 4 rings (SSSR count). The Balaban J connectivity index is 2.02. The first-order valence-electron chi connectivity index (χ1n) is 7.82. The zero-order valence-electron chi connectivity index (χ0n) is 13.4. The summed E-state index contributed by atoms with van der Waals surface area (Å²) >= 11 is 0. The van der Waals surface area contributed by atoms with Crippen molar-refractivity contribution in [2.45, 2.75) is 6.54 Å². The normalized spacial score (nSPS) is 11.3. The van der Waals surface area contributed by atoms with E-state index >= 15 is 0 Å². The SMILES string of the molecule is NC(=O)c1cccc2c1c1[c]c(F)ccc1n2Cc1ccc(F)c(F)c1. The fourth-order valence-corrected chi connectivity index (χ4v) is 3.23. The first kappa shape index (κ1) is 16.2. The van der Waals surface area contributed by atoms with Crippen LogP contribution in [0.3, 0.4) is 0 Å². The molecule has 0 spiro atoms. The monoisotopic (exact) mass is 353 g/mol. The molecule has 0 bridgehead atoms. The lowest BCUT2D eigenvalue weighted by atomic mass is 10.1. The lowest BCUT2D eigenvalue weighted by Crippen LogP contribution is -2.11. The van der Waals surface area contributed by atoms with Crippen LogP contribution in [0.15, 0.2) is 48.5 Å². The van der Waals surface area contributed by atoms with E-state index in [0.29, 0.717) is 27.4 Å². The minimum Gasteiger partial charge on any atom is -0.366 e. The van der Waals surface area contributed by atoms with Crippen molar-refractivity contribution in [3.63, 3.8) is 0 Å². The van der Waals surface area contributed by atoms with Gasteiger partial charge < -0.3 is 10.3 Å². The van der Waals surface area contributed by atoms with Gasteiger partial charge in [0.2, 0.25) is 5.91 Å². The van der Waals surface area contributed by atoms with Crippen LogP contribution in [0, 0.1) is 23.5 Å². The number of primary amides is 1. The molecule has 3 aromatic carbocycles. The number of carbonyl (C=O) groups excluding carboxylic acids is 1. The number of hydrogen-bond donors (Lipinski definition) is 1. The van der Waals surface area contributed by atoms with Crippen LogP contribution in [-0.4, -0.2) is 10.5 Å². The van der Waals surface area contributed by atoms with Crippen LogP contribution in [0.2, 0.25) is 0 Å². The van der Waals surface area contributed by atoms with Crippen LogP contribution in [-0.2, 0) is 6.54 Å². The summed E-state index contributed by atoms with van der Waals surface area (Å²) in [5.41, 5.74) is 7.47. The molecule has 0 saturated heterocycles. The van der Waals surface area contributed by atoms with E-state index in [0.717, 1.165) is 12.1 Å². The molecule has 0 aliphatic heterocycles. The van der Waals surface area contributed by atoms with Crippen LogP contribution < -0.4 is 5.73 Å². The summed E-state index contributed by atoms with van der Waals surface area (Å²) < 4.78 is 42.3. The maximum atomic E-state index is 13.8. The quantitative estimate of drug-likeness (QED) is 0.591. The summed E-state index contributed by atoms with van der Waals surface area (Å²) in [6.45, 7) is 0.207. The van der Waals surface area contributed by atoms with Crippen LogP contribution in [0.4, 0.5) is 13.2 Å². The summed E-state index contributed by atoms with van der Waals surface area (Å²) in [5.74, 6) is -3.08. The number of hydrogen-bond acceptors (Lipinski definition) is 1. The molecule has 1 heterocycles. The van der Waals surface area contributed by atoms with Crippen molar-refractivity contribution in [3.05, 3.63) is 83.2 Å². The highest BCUT2D eigenvalue weighted by atomic mass is 19.2. The van der Waals surface area contributed by atoms with Crippen LogP contribution in [0.1, 0.15) is 15.9 Å². The van der Waals surface area contributed by atoms with E-state index in [9.17, 15) is 18.0 Å². The van der Waals surface area contributed by atoms with Crippen molar-refractivity contribution < 1.29 is 18.0 Å². The average Bonchev–Trinajstić information content (AvgIpc) is 2.91. The largest absolute Gasteiger partial charge is 0.366 e. The molecule has 0 unspecified atom stereocenters. The fourth-order valence-electron chi connectivity index (χ4n) is 3.23. The number of carbonyl (C=O) groups is 1. The van der Waals surface area contributed by atoms with Crippen molar-refractivity contribution in [2.24, 2.45) is 5.73 Å². The minimum absolute atomic E-state index is 0.207. The lowest BCUT2D eigenvalue weighted by Gasteiger charge is -2.08. The van der Waals surface area contributed by atoms with Gasteiger partial charge in [0.15, 0.2) is 11.6 Å². The van der Waals surface area contributed by atoms with E-state index in [-0.39, 0.29) is 12.1 Å². The van der Waals surface area contributed by atoms with Crippen molar-refractivity contribution in [3.8, 4) is 0 Å². The van der Waals surface area contributed by atoms with Gasteiger partial charge in [-0.25, -0.2) is 13.2 Å². The van der Waals surface area contributed by atoms with Gasteiger partial charge in [-0.05, 0) is 42.0 Å².